The third kappa shape index (κ3) is 1.88. The summed E-state index contributed by atoms with van der Waals surface area (Å²) in [5.41, 5.74) is 1.09. The van der Waals surface area contributed by atoms with Gasteiger partial charge in [0.25, 0.3) is 0 Å². The molecule has 0 unspecified atom stereocenters. The van der Waals surface area contributed by atoms with Crippen LogP contribution in [-0.4, -0.2) is 0 Å². The summed E-state index contributed by atoms with van der Waals surface area (Å²) in [6.07, 6.45) is 0.897. The molecule has 1 aromatic carbocycles. The first-order valence-electron chi connectivity index (χ1n) is 4.62. The minimum atomic E-state index is -1.80. The molecule has 0 N–H and O–H groups in total. The first-order chi connectivity index (χ1) is 5.58. The summed E-state index contributed by atoms with van der Waals surface area (Å²) in [5, 5.41) is 0. The summed E-state index contributed by atoms with van der Waals surface area (Å²) >= 11 is 0. The second-order valence-electron chi connectivity index (χ2n) is 1.99. The number of hydrogen-bond donors (Lipinski definition) is 0. The zero-order valence-electron chi connectivity index (χ0n) is 8.30. The van der Waals surface area contributed by atoms with Gasteiger partial charge in [0.15, 0.2) is 0 Å². The lowest BCUT2D eigenvalue weighted by Gasteiger charge is -1.93. The Morgan fingerprint density at radius 1 is 1.33 bits per heavy atom. The fourth-order valence-electron chi connectivity index (χ4n) is 0.789. The van der Waals surface area contributed by atoms with Crippen LogP contribution in [0.5, 0.6) is 0 Å². The van der Waals surface area contributed by atoms with Gasteiger partial charge < -0.3 is 0 Å². The summed E-state index contributed by atoms with van der Waals surface area (Å²) in [7, 11) is 0. The Bertz CT molecular complexity index is 225. The fraction of sp³-hybridized carbons (Fsp3) is 0.333. The van der Waals surface area contributed by atoms with E-state index in [1.807, 2.05) is 30.3 Å². The summed E-state index contributed by atoms with van der Waals surface area (Å²) in [4.78, 5) is 0. The predicted octanol–water partition coefficient (Wildman–Crippen LogP) is 2.64. The second-order valence-corrected chi connectivity index (χ2v) is 1.99. The first kappa shape index (κ1) is 3.40. The highest BCUT2D eigenvalue weighted by molar-refractivity contribution is 5.14. The van der Waals surface area contributed by atoms with E-state index >= 15 is 0 Å². The Labute approximate surface area is 60.7 Å². The Kier molecular flexibility index (Phi) is 1.24. The van der Waals surface area contributed by atoms with Crippen LogP contribution in [0.3, 0.4) is 0 Å². The van der Waals surface area contributed by atoms with Crippen LogP contribution >= 0.6 is 0 Å². The molecule has 0 saturated heterocycles. The highest BCUT2D eigenvalue weighted by atomic mass is 13.9. The Balaban J connectivity index is 2.44. The van der Waals surface area contributed by atoms with E-state index in [4.69, 9.17) is 4.11 Å². The van der Waals surface area contributed by atoms with E-state index in [-0.39, 0.29) is 6.42 Å². The van der Waals surface area contributed by atoms with Crippen molar-refractivity contribution in [2.24, 2.45) is 0 Å². The predicted molar refractivity (Wildman–Crippen MR) is 40.4 cm³/mol. The van der Waals surface area contributed by atoms with Crippen molar-refractivity contribution in [1.29, 1.82) is 0 Å². The third-order valence-electron chi connectivity index (χ3n) is 1.26. The Hall–Kier alpha value is -0.780. The van der Waals surface area contributed by atoms with Crippen LogP contribution in [0.25, 0.3) is 0 Å². The van der Waals surface area contributed by atoms with E-state index in [9.17, 15) is 0 Å². The first-order valence-corrected chi connectivity index (χ1v) is 3.12. The van der Waals surface area contributed by atoms with Crippen molar-refractivity contribution in [1.82, 2.24) is 0 Å². The molecule has 0 amide bonds. The van der Waals surface area contributed by atoms with Crippen molar-refractivity contribution in [3.05, 3.63) is 35.9 Å². The highest BCUT2D eigenvalue weighted by Gasteiger charge is 1.84. The molecule has 48 valence electrons. The monoisotopic (exact) mass is 123 g/mol. The van der Waals surface area contributed by atoms with E-state index in [1.54, 1.807) is 0 Å². The third-order valence-corrected chi connectivity index (χ3v) is 1.26. The van der Waals surface area contributed by atoms with Gasteiger partial charge in [-0.1, -0.05) is 43.6 Å². The number of aryl methyl sites for hydroxylation is 1. The molecule has 0 fully saturated rings. The van der Waals surface area contributed by atoms with Crippen LogP contribution < -0.4 is 0 Å². The lowest BCUT2D eigenvalue weighted by atomic mass is 10.1. The lowest BCUT2D eigenvalue weighted by Crippen LogP contribution is -1.78. The molecule has 1 rings (SSSR count). The largest absolute Gasteiger partial charge is 0.0651 e. The topological polar surface area (TPSA) is 0 Å². The van der Waals surface area contributed by atoms with Gasteiger partial charge >= 0.3 is 0 Å². The zero-order valence-corrected chi connectivity index (χ0v) is 5.30. The zero-order chi connectivity index (χ0) is 9.03. The van der Waals surface area contributed by atoms with Crippen molar-refractivity contribution in [2.75, 3.05) is 0 Å². The average Bonchev–Trinajstić information content (AvgIpc) is 2.02. The molecule has 0 radical (unpaired) electrons. The van der Waals surface area contributed by atoms with Crippen molar-refractivity contribution >= 4 is 0 Å². The second kappa shape index (κ2) is 3.29. The molecule has 0 bridgehead atoms. The van der Waals surface area contributed by atoms with Crippen LogP contribution in [0.2, 0.25) is 0 Å². The normalized spacial score (nSPS) is 15.8. The Morgan fingerprint density at radius 2 is 2.11 bits per heavy atom. The van der Waals surface area contributed by atoms with Crippen molar-refractivity contribution in [2.45, 2.75) is 19.7 Å². The lowest BCUT2D eigenvalue weighted by molar-refractivity contribution is 0.922. The highest BCUT2D eigenvalue weighted by Crippen LogP contribution is 2.00. The molecule has 0 aliphatic carbocycles. The van der Waals surface area contributed by atoms with Crippen LogP contribution in [0.15, 0.2) is 30.3 Å². The van der Waals surface area contributed by atoms with Crippen LogP contribution in [0.4, 0.5) is 0 Å². The molecule has 0 aliphatic heterocycles. The number of benzene rings is 1. The Morgan fingerprint density at radius 3 is 2.78 bits per heavy atom. The van der Waals surface area contributed by atoms with E-state index in [0.717, 1.165) is 5.56 Å². The van der Waals surface area contributed by atoms with Gasteiger partial charge in [0.2, 0.25) is 0 Å². The summed E-state index contributed by atoms with van der Waals surface area (Å²) in [6, 6.07) is 9.68. The molecule has 1 aromatic rings. The smallest absolute Gasteiger partial charge is 0.0230 e. The van der Waals surface area contributed by atoms with E-state index in [2.05, 4.69) is 0 Å². The SMILES string of the molecule is [2H]C([2H])([2H])CCc1ccccc1. The van der Waals surface area contributed by atoms with Gasteiger partial charge in [-0.15, -0.1) is 0 Å². The van der Waals surface area contributed by atoms with Crippen molar-refractivity contribution in [3.8, 4) is 0 Å². The van der Waals surface area contributed by atoms with Gasteiger partial charge in [-0.25, -0.2) is 0 Å². The molecule has 0 spiro atoms. The molecule has 0 atom stereocenters. The molecule has 0 aromatic heterocycles. The maximum absolute atomic E-state index is 7.01. The average molecular weight is 123 g/mol. The van der Waals surface area contributed by atoms with Crippen LogP contribution in [0.1, 0.15) is 22.9 Å². The van der Waals surface area contributed by atoms with Crippen LogP contribution in [0, 0.1) is 0 Å². The van der Waals surface area contributed by atoms with Crippen LogP contribution in [-0.2, 0) is 6.42 Å². The maximum Gasteiger partial charge on any atom is 0.0230 e. The molecular formula is C9H12. The fourth-order valence-corrected chi connectivity index (χ4v) is 0.789. The van der Waals surface area contributed by atoms with Gasteiger partial charge in [-0.2, -0.15) is 0 Å². The van der Waals surface area contributed by atoms with E-state index in [1.165, 1.54) is 0 Å². The molecule has 0 heterocycles. The standard InChI is InChI=1S/C9H12/c1-2-6-9-7-4-3-5-8-9/h3-5,7-8H,2,6H2,1H3/i1D3. The number of hydrogen-bond acceptors (Lipinski definition) is 0. The van der Waals surface area contributed by atoms with Crippen molar-refractivity contribution in [3.63, 3.8) is 0 Å². The molecular weight excluding hydrogens is 108 g/mol. The van der Waals surface area contributed by atoms with Crippen molar-refractivity contribution < 1.29 is 4.11 Å². The number of rotatable bonds is 2. The minimum Gasteiger partial charge on any atom is -0.0651 e. The van der Waals surface area contributed by atoms with E-state index < -0.39 is 6.85 Å². The molecule has 9 heavy (non-hydrogen) atoms. The quantitative estimate of drug-likeness (QED) is 0.567. The maximum atomic E-state index is 7.01. The molecule has 0 nitrogen and oxygen atoms in total. The molecule has 0 aliphatic rings. The van der Waals surface area contributed by atoms with Gasteiger partial charge in [0.05, 0.1) is 0 Å². The van der Waals surface area contributed by atoms with Gasteiger partial charge in [0, 0.05) is 4.11 Å². The minimum absolute atomic E-state index is 0.261. The van der Waals surface area contributed by atoms with E-state index in [0.29, 0.717) is 6.42 Å². The van der Waals surface area contributed by atoms with Gasteiger partial charge in [-0.3, -0.25) is 0 Å². The summed E-state index contributed by atoms with van der Waals surface area (Å²) in [5.74, 6) is 0. The summed E-state index contributed by atoms with van der Waals surface area (Å²) < 4.78 is 21.0. The molecule has 0 saturated carbocycles. The van der Waals surface area contributed by atoms with Gasteiger partial charge in [-0.05, 0) is 12.0 Å². The van der Waals surface area contributed by atoms with Gasteiger partial charge in [0.1, 0.15) is 0 Å². The molecule has 0 heteroatoms. The summed E-state index contributed by atoms with van der Waals surface area (Å²) in [6.45, 7) is -1.80.